The van der Waals surface area contributed by atoms with Crippen molar-refractivity contribution in [3.8, 4) is 0 Å². The van der Waals surface area contributed by atoms with Crippen molar-refractivity contribution in [3.05, 3.63) is 18.0 Å². The Morgan fingerprint density at radius 3 is 2.74 bits per heavy atom. The molecule has 0 fully saturated rings. The van der Waals surface area contributed by atoms with Crippen LogP contribution >= 0.6 is 0 Å². The van der Waals surface area contributed by atoms with Crippen LogP contribution in [0.25, 0.3) is 0 Å². The Bertz CT molecular complexity index is 365. The van der Waals surface area contributed by atoms with Gasteiger partial charge in [-0.25, -0.2) is 0 Å². The van der Waals surface area contributed by atoms with E-state index in [0.717, 1.165) is 18.7 Å². The van der Waals surface area contributed by atoms with Crippen LogP contribution in [0, 0.1) is 0 Å². The van der Waals surface area contributed by atoms with Crippen molar-refractivity contribution in [1.82, 2.24) is 15.1 Å². The number of nitrogens with zero attached hydrogens (tertiary/aromatic N) is 2. The predicted octanol–water partition coefficient (Wildman–Crippen LogP) is 2.52. The molecule has 1 unspecified atom stereocenters. The van der Waals surface area contributed by atoms with Gasteiger partial charge in [-0.1, -0.05) is 6.92 Å². The Morgan fingerprint density at radius 2 is 2.16 bits per heavy atom. The molecule has 0 saturated carbocycles. The van der Waals surface area contributed by atoms with Gasteiger partial charge >= 0.3 is 6.18 Å². The summed E-state index contributed by atoms with van der Waals surface area (Å²) in [4.78, 5) is 0. The van der Waals surface area contributed by atoms with Crippen LogP contribution in [-0.4, -0.2) is 35.7 Å². The number of hydrogen-bond acceptors (Lipinski definition) is 3. The third-order valence-electron chi connectivity index (χ3n) is 2.60. The van der Waals surface area contributed by atoms with Gasteiger partial charge < -0.3 is 10.1 Å². The molecular weight excluding hydrogens is 259 g/mol. The number of nitrogens with one attached hydrogen (secondary N) is 1. The molecule has 0 aliphatic rings. The zero-order chi connectivity index (χ0) is 14.3. The van der Waals surface area contributed by atoms with Gasteiger partial charge in [0, 0.05) is 12.7 Å². The number of hydrogen-bond donors (Lipinski definition) is 1. The molecule has 0 aliphatic heterocycles. The first-order chi connectivity index (χ1) is 8.98. The van der Waals surface area contributed by atoms with E-state index < -0.39 is 12.8 Å². The Morgan fingerprint density at radius 1 is 1.42 bits per heavy atom. The lowest BCUT2D eigenvalue weighted by Gasteiger charge is -2.20. The molecule has 0 bridgehead atoms. The molecule has 0 aliphatic carbocycles. The second-order valence-electron chi connectivity index (χ2n) is 4.21. The topological polar surface area (TPSA) is 39.1 Å². The number of aromatic nitrogens is 2. The SMILES string of the molecule is CCCNC(COCC(F)(F)F)c1ccnn1CC. The molecule has 0 radical (unpaired) electrons. The molecule has 4 nitrogen and oxygen atoms in total. The van der Waals surface area contributed by atoms with Gasteiger partial charge in [0.15, 0.2) is 0 Å². The molecule has 0 saturated heterocycles. The molecule has 1 atom stereocenters. The summed E-state index contributed by atoms with van der Waals surface area (Å²) in [6.45, 7) is 4.07. The number of alkyl halides is 3. The maximum absolute atomic E-state index is 12.1. The minimum absolute atomic E-state index is 0.0226. The van der Waals surface area contributed by atoms with Crippen molar-refractivity contribution in [2.45, 2.75) is 39.0 Å². The quantitative estimate of drug-likeness (QED) is 0.794. The van der Waals surface area contributed by atoms with E-state index in [1.807, 2.05) is 13.8 Å². The van der Waals surface area contributed by atoms with Crippen molar-refractivity contribution in [1.29, 1.82) is 0 Å². The van der Waals surface area contributed by atoms with Crippen LogP contribution in [0.3, 0.4) is 0 Å². The van der Waals surface area contributed by atoms with Crippen LogP contribution in [0.2, 0.25) is 0 Å². The Labute approximate surface area is 110 Å². The molecule has 1 N–H and O–H groups in total. The first-order valence-corrected chi connectivity index (χ1v) is 6.37. The molecule has 1 rings (SSSR count). The monoisotopic (exact) mass is 279 g/mol. The fraction of sp³-hybridized carbons (Fsp3) is 0.750. The summed E-state index contributed by atoms with van der Waals surface area (Å²) in [6, 6.07) is 1.53. The van der Waals surface area contributed by atoms with E-state index >= 15 is 0 Å². The van der Waals surface area contributed by atoms with Gasteiger partial charge in [0.05, 0.1) is 18.3 Å². The van der Waals surface area contributed by atoms with E-state index in [1.54, 1.807) is 16.9 Å². The molecule has 0 aromatic carbocycles. The molecule has 1 heterocycles. The molecule has 7 heteroatoms. The van der Waals surface area contributed by atoms with Gasteiger partial charge in [0.2, 0.25) is 0 Å². The summed E-state index contributed by atoms with van der Waals surface area (Å²) in [5, 5.41) is 7.30. The van der Waals surface area contributed by atoms with Gasteiger partial charge in [0.25, 0.3) is 0 Å². The van der Waals surface area contributed by atoms with Gasteiger partial charge in [-0.15, -0.1) is 0 Å². The second kappa shape index (κ2) is 7.49. The maximum Gasteiger partial charge on any atom is 0.411 e. The average molecular weight is 279 g/mol. The summed E-state index contributed by atoms with van der Waals surface area (Å²) >= 11 is 0. The lowest BCUT2D eigenvalue weighted by molar-refractivity contribution is -0.175. The second-order valence-corrected chi connectivity index (χ2v) is 4.21. The number of halogens is 3. The predicted molar refractivity (Wildman–Crippen MR) is 65.8 cm³/mol. The van der Waals surface area contributed by atoms with Crippen LogP contribution < -0.4 is 5.32 Å². The number of aryl methyl sites for hydroxylation is 1. The summed E-state index contributed by atoms with van der Waals surface area (Å²) in [7, 11) is 0. The van der Waals surface area contributed by atoms with Crippen LogP contribution in [0.5, 0.6) is 0 Å². The summed E-state index contributed by atoms with van der Waals surface area (Å²) < 4.78 is 42.8. The highest BCUT2D eigenvalue weighted by atomic mass is 19.4. The largest absolute Gasteiger partial charge is 0.411 e. The van der Waals surface area contributed by atoms with Crippen LogP contribution in [0.4, 0.5) is 13.2 Å². The molecule has 110 valence electrons. The number of rotatable bonds is 8. The summed E-state index contributed by atoms with van der Waals surface area (Å²) in [5.41, 5.74) is 0.845. The van der Waals surface area contributed by atoms with E-state index in [2.05, 4.69) is 10.4 Å². The highest BCUT2D eigenvalue weighted by Crippen LogP contribution is 2.17. The zero-order valence-electron chi connectivity index (χ0n) is 11.2. The summed E-state index contributed by atoms with van der Waals surface area (Å²) in [5.74, 6) is 0. The summed E-state index contributed by atoms with van der Waals surface area (Å²) in [6.07, 6.45) is -1.75. The van der Waals surface area contributed by atoms with E-state index in [-0.39, 0.29) is 12.6 Å². The van der Waals surface area contributed by atoms with Gasteiger partial charge in [-0.05, 0) is 26.0 Å². The van der Waals surface area contributed by atoms with Crippen molar-refractivity contribution < 1.29 is 17.9 Å². The van der Waals surface area contributed by atoms with E-state index in [9.17, 15) is 13.2 Å². The van der Waals surface area contributed by atoms with Crippen molar-refractivity contribution >= 4 is 0 Å². The van der Waals surface area contributed by atoms with Crippen LogP contribution in [0.1, 0.15) is 32.0 Å². The van der Waals surface area contributed by atoms with Gasteiger partial charge in [-0.2, -0.15) is 18.3 Å². The first kappa shape index (κ1) is 16.0. The smallest absolute Gasteiger partial charge is 0.370 e. The number of ether oxygens (including phenoxy) is 1. The molecule has 0 amide bonds. The lowest BCUT2D eigenvalue weighted by Crippen LogP contribution is -2.30. The molecular formula is C12H20F3N3O. The third-order valence-corrected chi connectivity index (χ3v) is 2.60. The minimum Gasteiger partial charge on any atom is -0.370 e. The molecule has 1 aromatic rings. The molecule has 1 aromatic heterocycles. The first-order valence-electron chi connectivity index (χ1n) is 6.37. The Kier molecular flexibility index (Phi) is 6.30. The van der Waals surface area contributed by atoms with Crippen molar-refractivity contribution in [3.63, 3.8) is 0 Å². The fourth-order valence-corrected chi connectivity index (χ4v) is 1.76. The van der Waals surface area contributed by atoms with Crippen LogP contribution in [-0.2, 0) is 11.3 Å². The van der Waals surface area contributed by atoms with Gasteiger partial charge in [-0.3, -0.25) is 4.68 Å². The third kappa shape index (κ3) is 5.61. The maximum atomic E-state index is 12.1. The normalized spacial score (nSPS) is 13.7. The van der Waals surface area contributed by atoms with E-state index in [1.165, 1.54) is 0 Å². The van der Waals surface area contributed by atoms with Crippen molar-refractivity contribution in [2.24, 2.45) is 0 Å². The Hall–Kier alpha value is -1.08. The highest BCUT2D eigenvalue weighted by Gasteiger charge is 2.28. The van der Waals surface area contributed by atoms with E-state index in [4.69, 9.17) is 4.74 Å². The Balaban J connectivity index is 2.61. The fourth-order valence-electron chi connectivity index (χ4n) is 1.76. The molecule has 19 heavy (non-hydrogen) atoms. The highest BCUT2D eigenvalue weighted by molar-refractivity contribution is 5.07. The van der Waals surface area contributed by atoms with Crippen molar-refractivity contribution in [2.75, 3.05) is 19.8 Å². The average Bonchev–Trinajstić information content (AvgIpc) is 2.80. The van der Waals surface area contributed by atoms with Gasteiger partial charge in [0.1, 0.15) is 6.61 Å². The lowest BCUT2D eigenvalue weighted by atomic mass is 10.2. The molecule has 0 spiro atoms. The minimum atomic E-state index is -4.29. The van der Waals surface area contributed by atoms with E-state index in [0.29, 0.717) is 6.54 Å². The standard InChI is InChI=1S/C12H20F3N3O/c1-3-6-16-10(8-19-9-12(13,14)15)11-5-7-17-18(11)4-2/h5,7,10,16H,3-4,6,8-9H2,1-2H3. The zero-order valence-corrected chi connectivity index (χ0v) is 11.2. The van der Waals surface area contributed by atoms with Crippen LogP contribution in [0.15, 0.2) is 12.3 Å².